The van der Waals surface area contributed by atoms with Crippen molar-refractivity contribution in [3.63, 3.8) is 0 Å². The molecule has 98 valence electrons. The van der Waals surface area contributed by atoms with Crippen molar-refractivity contribution in [1.29, 1.82) is 0 Å². The van der Waals surface area contributed by atoms with Crippen molar-refractivity contribution in [1.82, 2.24) is 30.5 Å². The van der Waals surface area contributed by atoms with Crippen LogP contribution in [0.5, 0.6) is 0 Å². The Kier molecular flexibility index (Phi) is 4.72. The molecule has 0 aromatic carbocycles. The first kappa shape index (κ1) is 13.0. The van der Waals surface area contributed by atoms with E-state index in [1.165, 1.54) is 6.33 Å². The fraction of sp³-hybridized carbons (Fsp3) is 0.545. The average molecular weight is 269 g/mol. The predicted molar refractivity (Wildman–Crippen MR) is 69.1 cm³/mol. The number of hydrogen-bond donors (Lipinski definition) is 3. The highest BCUT2D eigenvalue weighted by molar-refractivity contribution is 6.30. The molecule has 0 aliphatic heterocycles. The fourth-order valence-corrected chi connectivity index (χ4v) is 1.86. The summed E-state index contributed by atoms with van der Waals surface area (Å²) in [6.07, 6.45) is 4.70. The lowest BCUT2D eigenvalue weighted by Gasteiger charge is -2.00. The summed E-state index contributed by atoms with van der Waals surface area (Å²) >= 11 is 6.07. The molecular weight excluding hydrogens is 252 g/mol. The molecule has 0 bridgehead atoms. The van der Waals surface area contributed by atoms with Crippen LogP contribution in [0.3, 0.4) is 0 Å². The maximum atomic E-state index is 6.07. The third-order valence-corrected chi connectivity index (χ3v) is 2.92. The molecule has 0 spiro atoms. The fourth-order valence-electron chi connectivity index (χ4n) is 1.64. The highest BCUT2D eigenvalue weighted by atomic mass is 35.5. The quantitative estimate of drug-likeness (QED) is 0.715. The van der Waals surface area contributed by atoms with E-state index in [9.17, 15) is 0 Å². The van der Waals surface area contributed by atoms with Crippen LogP contribution < -0.4 is 5.32 Å². The predicted octanol–water partition coefficient (Wildman–Crippen LogP) is 1.81. The van der Waals surface area contributed by atoms with Crippen LogP contribution in [-0.2, 0) is 19.5 Å². The lowest BCUT2D eigenvalue weighted by atomic mass is 10.2. The van der Waals surface area contributed by atoms with E-state index in [1.807, 2.05) is 0 Å². The number of H-pyrrole nitrogens is 2. The number of aromatic nitrogens is 5. The zero-order chi connectivity index (χ0) is 12.8. The van der Waals surface area contributed by atoms with Crippen molar-refractivity contribution >= 4 is 11.6 Å². The largest absolute Gasteiger partial charge is 0.344 e. The summed E-state index contributed by atoms with van der Waals surface area (Å²) in [5, 5.41) is 10.3. The van der Waals surface area contributed by atoms with Crippen LogP contribution in [0.15, 0.2) is 6.33 Å². The van der Waals surface area contributed by atoms with Gasteiger partial charge >= 0.3 is 0 Å². The van der Waals surface area contributed by atoms with Crippen molar-refractivity contribution in [2.45, 2.75) is 39.3 Å². The van der Waals surface area contributed by atoms with E-state index < -0.39 is 0 Å². The molecule has 2 rings (SSSR count). The van der Waals surface area contributed by atoms with Crippen LogP contribution in [0.25, 0.3) is 0 Å². The molecule has 0 atom stereocenters. The summed E-state index contributed by atoms with van der Waals surface area (Å²) < 4.78 is 0. The molecule has 2 heterocycles. The second-order valence-corrected chi connectivity index (χ2v) is 4.45. The summed E-state index contributed by atoms with van der Waals surface area (Å²) in [6.45, 7) is 3.42. The van der Waals surface area contributed by atoms with Gasteiger partial charge in [0, 0.05) is 13.0 Å². The average Bonchev–Trinajstić information content (AvgIpc) is 2.98. The molecule has 0 radical (unpaired) electrons. The summed E-state index contributed by atoms with van der Waals surface area (Å²) in [6, 6.07) is 0. The van der Waals surface area contributed by atoms with Crippen molar-refractivity contribution in [2.75, 3.05) is 0 Å². The Morgan fingerprint density at radius 2 is 2.22 bits per heavy atom. The minimum absolute atomic E-state index is 0.547. The molecule has 0 aliphatic carbocycles. The molecule has 2 aromatic heterocycles. The Bertz CT molecular complexity index is 464. The Labute approximate surface area is 111 Å². The Hall–Kier alpha value is -1.40. The van der Waals surface area contributed by atoms with Gasteiger partial charge in [0.25, 0.3) is 0 Å². The van der Waals surface area contributed by atoms with Gasteiger partial charge in [-0.15, -0.1) is 0 Å². The lowest BCUT2D eigenvalue weighted by Crippen LogP contribution is -2.14. The molecule has 0 fully saturated rings. The summed E-state index contributed by atoms with van der Waals surface area (Å²) in [7, 11) is 0. The monoisotopic (exact) mass is 268 g/mol. The summed E-state index contributed by atoms with van der Waals surface area (Å²) in [4.78, 5) is 11.6. The zero-order valence-corrected chi connectivity index (χ0v) is 11.1. The van der Waals surface area contributed by atoms with Gasteiger partial charge in [0.1, 0.15) is 18.0 Å². The zero-order valence-electron chi connectivity index (χ0n) is 10.3. The number of aryl methyl sites for hydroxylation is 1. The van der Waals surface area contributed by atoms with Gasteiger partial charge in [0.05, 0.1) is 12.2 Å². The number of halogens is 1. The normalized spacial score (nSPS) is 11.0. The van der Waals surface area contributed by atoms with Gasteiger partial charge in [0.15, 0.2) is 5.15 Å². The van der Waals surface area contributed by atoms with Gasteiger partial charge in [-0.2, -0.15) is 5.10 Å². The first-order chi connectivity index (χ1) is 8.79. The van der Waals surface area contributed by atoms with Gasteiger partial charge < -0.3 is 10.3 Å². The van der Waals surface area contributed by atoms with Gasteiger partial charge in [-0.3, -0.25) is 5.10 Å². The Morgan fingerprint density at radius 3 is 2.94 bits per heavy atom. The van der Waals surface area contributed by atoms with E-state index in [4.69, 9.17) is 11.6 Å². The summed E-state index contributed by atoms with van der Waals surface area (Å²) in [5.74, 6) is 1.76. The molecule has 6 nitrogen and oxygen atoms in total. The number of imidazole rings is 1. The second kappa shape index (κ2) is 6.51. The number of unbranched alkanes of at least 4 members (excludes halogenated alkanes) is 1. The minimum atomic E-state index is 0.547. The smallest absolute Gasteiger partial charge is 0.151 e. The topological polar surface area (TPSA) is 82.3 Å². The molecule has 0 amide bonds. The second-order valence-electron chi connectivity index (χ2n) is 4.09. The van der Waals surface area contributed by atoms with E-state index in [2.05, 4.69) is 37.4 Å². The number of hydrogen-bond acceptors (Lipinski definition) is 4. The van der Waals surface area contributed by atoms with Gasteiger partial charge in [-0.25, -0.2) is 9.97 Å². The van der Waals surface area contributed by atoms with Gasteiger partial charge in [-0.05, 0) is 6.42 Å². The van der Waals surface area contributed by atoms with E-state index in [0.717, 1.165) is 36.6 Å². The standard InChI is InChI=1S/C11H17ClN6/c1-2-3-4-9-16-8(11(12)17-9)5-13-6-10-14-7-15-18-10/h7,13H,2-6H2,1H3,(H,16,17)(H,14,15,18). The number of rotatable bonds is 7. The van der Waals surface area contributed by atoms with Crippen molar-refractivity contribution in [2.24, 2.45) is 0 Å². The maximum absolute atomic E-state index is 6.07. The molecule has 18 heavy (non-hydrogen) atoms. The van der Waals surface area contributed by atoms with Crippen molar-refractivity contribution < 1.29 is 0 Å². The number of nitrogens with zero attached hydrogens (tertiary/aromatic N) is 3. The third-order valence-electron chi connectivity index (χ3n) is 2.60. The molecule has 0 saturated carbocycles. The summed E-state index contributed by atoms with van der Waals surface area (Å²) in [5.41, 5.74) is 0.919. The first-order valence-corrected chi connectivity index (χ1v) is 6.45. The first-order valence-electron chi connectivity index (χ1n) is 6.07. The molecule has 0 unspecified atom stereocenters. The van der Waals surface area contributed by atoms with Gasteiger partial charge in [-0.1, -0.05) is 24.9 Å². The van der Waals surface area contributed by atoms with E-state index in [1.54, 1.807) is 0 Å². The highest BCUT2D eigenvalue weighted by Gasteiger charge is 2.07. The highest BCUT2D eigenvalue weighted by Crippen LogP contribution is 2.13. The molecule has 2 aromatic rings. The third kappa shape index (κ3) is 3.54. The van der Waals surface area contributed by atoms with E-state index in [-0.39, 0.29) is 0 Å². The molecular formula is C11H17ClN6. The maximum Gasteiger partial charge on any atom is 0.151 e. The Balaban J connectivity index is 1.83. The minimum Gasteiger partial charge on any atom is -0.344 e. The van der Waals surface area contributed by atoms with Crippen LogP contribution in [0, 0.1) is 0 Å². The SMILES string of the molecule is CCCCc1nc(Cl)c(CNCc2ncn[nH]2)[nH]1. The molecule has 7 heteroatoms. The van der Waals surface area contributed by atoms with Crippen LogP contribution >= 0.6 is 11.6 Å². The number of aromatic amines is 2. The Morgan fingerprint density at radius 1 is 1.33 bits per heavy atom. The number of nitrogens with one attached hydrogen (secondary N) is 3. The van der Waals surface area contributed by atoms with E-state index in [0.29, 0.717) is 18.2 Å². The van der Waals surface area contributed by atoms with E-state index >= 15 is 0 Å². The van der Waals surface area contributed by atoms with Gasteiger partial charge in [0.2, 0.25) is 0 Å². The van der Waals surface area contributed by atoms with Crippen molar-refractivity contribution in [3.05, 3.63) is 28.8 Å². The van der Waals surface area contributed by atoms with Crippen molar-refractivity contribution in [3.8, 4) is 0 Å². The van der Waals surface area contributed by atoms with Crippen LogP contribution in [-0.4, -0.2) is 25.1 Å². The molecule has 3 N–H and O–H groups in total. The molecule has 0 aliphatic rings. The van der Waals surface area contributed by atoms with Crippen LogP contribution in [0.2, 0.25) is 5.15 Å². The lowest BCUT2D eigenvalue weighted by molar-refractivity contribution is 0.654. The van der Waals surface area contributed by atoms with Crippen LogP contribution in [0.1, 0.15) is 37.1 Å². The van der Waals surface area contributed by atoms with Crippen LogP contribution in [0.4, 0.5) is 0 Å². The molecule has 0 saturated heterocycles.